The van der Waals surface area contributed by atoms with E-state index in [1.54, 1.807) is 86.6 Å². The fourth-order valence-electron chi connectivity index (χ4n) is 10.2. The Hall–Kier alpha value is -4.44. The van der Waals surface area contributed by atoms with Crippen LogP contribution in [0.1, 0.15) is 106 Å². The smallest absolute Gasteiger partial charge is 0.459 e. The molecule has 0 radical (unpaired) electrons. The molecule has 19 nitrogen and oxygen atoms in total. The molecule has 5 rings (SSSR count). The van der Waals surface area contributed by atoms with E-state index in [1.807, 2.05) is 36.4 Å². The van der Waals surface area contributed by atoms with Gasteiger partial charge < -0.3 is 72.9 Å². The van der Waals surface area contributed by atoms with Crippen LogP contribution in [0.3, 0.4) is 0 Å². The average Bonchev–Trinajstić information content (AvgIpc) is 3.36. The van der Waals surface area contributed by atoms with Crippen molar-refractivity contribution >= 4 is 24.1 Å². The third-order valence-corrected chi connectivity index (χ3v) is 14.9. The molecule has 18 atom stereocenters. The van der Waals surface area contributed by atoms with Crippen LogP contribution < -0.4 is 5.32 Å². The van der Waals surface area contributed by atoms with Crippen molar-refractivity contribution in [3.8, 4) is 0 Å². The first-order valence-electron chi connectivity index (χ1n) is 25.0. The molecule has 2 aromatic rings. The number of aliphatic hydroxyl groups is 3. The molecule has 2 amide bonds. The zero-order valence-electron chi connectivity index (χ0n) is 44.2. The number of likely N-dealkylation sites (N-methyl/N-ethyl adjacent to an activating group) is 1. The second-order valence-electron chi connectivity index (χ2n) is 20.5. The Morgan fingerprint density at radius 2 is 1.38 bits per heavy atom. The van der Waals surface area contributed by atoms with Gasteiger partial charge in [-0.05, 0) is 78.9 Å². The molecule has 19 heteroatoms. The minimum absolute atomic E-state index is 0.0271. The Morgan fingerprint density at radius 1 is 0.792 bits per heavy atom. The van der Waals surface area contributed by atoms with E-state index in [1.165, 1.54) is 33.1 Å². The largest absolute Gasteiger partial charge is 0.509 e. The molecule has 72 heavy (non-hydrogen) atoms. The third-order valence-electron chi connectivity index (χ3n) is 14.9. The van der Waals surface area contributed by atoms with E-state index in [2.05, 4.69) is 5.32 Å². The van der Waals surface area contributed by atoms with Crippen molar-refractivity contribution in [1.29, 1.82) is 0 Å². The van der Waals surface area contributed by atoms with E-state index in [9.17, 15) is 34.5 Å². The summed E-state index contributed by atoms with van der Waals surface area (Å²) in [6.45, 7) is 16.3. The SMILES string of the molecule is CC[C@H]1OC(=O)[C@H](C)[C@@H](O[C@H]2C[C@@](C)(OC)[C@@H](O)[C@H](C)O2)[C@H](C)[C@@H](O[C@@H]2O[C@H](C)C[C@H](N(C)C(=O)OCc3ccccc3)[C@H]2OC(=O)OCc2ccccc2)[C@](C)(OC)C[C@@H](C)C(=O)N[C@H](C)[C@@H](O)[C@]1(C)O. The molecule has 0 bridgehead atoms. The first kappa shape index (κ1) is 58.4. The van der Waals surface area contributed by atoms with Crippen molar-refractivity contribution in [2.24, 2.45) is 17.8 Å². The van der Waals surface area contributed by atoms with E-state index in [4.69, 9.17) is 47.4 Å². The van der Waals surface area contributed by atoms with Gasteiger partial charge in [0.05, 0.1) is 53.6 Å². The number of carbonyl (C=O) groups is 4. The monoisotopic (exact) mass is 1020 g/mol. The molecule has 3 saturated heterocycles. The van der Waals surface area contributed by atoms with Crippen LogP contribution in [0.5, 0.6) is 0 Å². The third kappa shape index (κ3) is 14.0. The van der Waals surface area contributed by atoms with E-state index in [0.29, 0.717) is 5.56 Å². The van der Waals surface area contributed by atoms with Gasteiger partial charge in [0.2, 0.25) is 5.91 Å². The van der Waals surface area contributed by atoms with E-state index < -0.39 is 132 Å². The maximum absolute atomic E-state index is 14.6. The van der Waals surface area contributed by atoms with Crippen LogP contribution in [0.25, 0.3) is 0 Å². The lowest BCUT2D eigenvalue weighted by Gasteiger charge is -2.49. The second kappa shape index (κ2) is 25.2. The summed E-state index contributed by atoms with van der Waals surface area (Å²) in [5.41, 5.74) is -3.19. The molecule has 3 aliphatic rings. The Morgan fingerprint density at radius 3 is 1.94 bits per heavy atom. The predicted octanol–water partition coefficient (Wildman–Crippen LogP) is 5.81. The predicted molar refractivity (Wildman–Crippen MR) is 261 cm³/mol. The van der Waals surface area contributed by atoms with Crippen molar-refractivity contribution in [2.45, 2.75) is 198 Å². The molecular weight excluding hydrogens is 937 g/mol. The highest BCUT2D eigenvalue weighted by atomic mass is 16.8. The molecule has 3 aliphatic heterocycles. The molecule has 404 valence electrons. The standard InChI is InChI=1S/C53H80N2O17/c1-14-39-53(10,62)43(56)34(6)54-46(58)30(2)26-52(9,64-13)45(32(4)41(33(5)47(59)69-39)70-40-27-51(8,63-12)44(57)35(7)68-40)72-48-42(71-50(61)66-29-37-23-19-16-20-24-37)38(25-31(3)67-48)55(11)49(60)65-28-36-21-17-15-18-22-36/h15-24,30-35,38-45,48,56-57,62H,14,25-29H2,1-13H3,(H,54,58)/t30-,31-,32+,33-,34-,35+,38+,39-,40+,41+,42-,43-,44+,45-,48+,51-,52-,53-/m1/s1. The number of ether oxygens (including phenoxy) is 10. The molecule has 4 N–H and O–H groups in total. The summed E-state index contributed by atoms with van der Waals surface area (Å²) in [4.78, 5) is 57.9. The van der Waals surface area contributed by atoms with Gasteiger partial charge in [-0.2, -0.15) is 0 Å². The summed E-state index contributed by atoms with van der Waals surface area (Å²) < 4.78 is 62.7. The van der Waals surface area contributed by atoms with Crippen LogP contribution in [-0.2, 0) is 70.2 Å². The molecule has 0 aromatic heterocycles. The summed E-state index contributed by atoms with van der Waals surface area (Å²) in [7, 11) is 4.44. The number of nitrogens with zero attached hydrogens (tertiary/aromatic N) is 1. The van der Waals surface area contributed by atoms with Crippen LogP contribution >= 0.6 is 0 Å². The van der Waals surface area contributed by atoms with Gasteiger partial charge in [0.15, 0.2) is 18.7 Å². The van der Waals surface area contributed by atoms with Gasteiger partial charge in [-0.15, -0.1) is 0 Å². The van der Waals surface area contributed by atoms with Crippen molar-refractivity contribution < 1.29 is 81.9 Å². The highest BCUT2D eigenvalue weighted by Gasteiger charge is 2.54. The molecule has 0 spiro atoms. The van der Waals surface area contributed by atoms with Crippen molar-refractivity contribution in [3.05, 3.63) is 71.8 Å². The van der Waals surface area contributed by atoms with Gasteiger partial charge in [0.25, 0.3) is 0 Å². The number of methoxy groups -OCH3 is 2. The number of aliphatic hydroxyl groups excluding tert-OH is 2. The highest BCUT2D eigenvalue weighted by Crippen LogP contribution is 2.41. The Labute approximate surface area is 424 Å². The quantitative estimate of drug-likeness (QED) is 0.137. The summed E-state index contributed by atoms with van der Waals surface area (Å²) in [5.74, 6) is -4.25. The number of hydrogen-bond acceptors (Lipinski definition) is 17. The van der Waals surface area contributed by atoms with Crippen LogP contribution in [-0.4, -0.2) is 156 Å². The van der Waals surface area contributed by atoms with Crippen LogP contribution in [0.4, 0.5) is 9.59 Å². The first-order valence-corrected chi connectivity index (χ1v) is 25.0. The van der Waals surface area contributed by atoms with Crippen molar-refractivity contribution in [3.63, 3.8) is 0 Å². The van der Waals surface area contributed by atoms with E-state index in [-0.39, 0.29) is 38.9 Å². The number of esters is 1. The van der Waals surface area contributed by atoms with Gasteiger partial charge >= 0.3 is 18.2 Å². The number of cyclic esters (lactones) is 1. The van der Waals surface area contributed by atoms with Crippen molar-refractivity contribution in [2.75, 3.05) is 21.3 Å². The van der Waals surface area contributed by atoms with E-state index >= 15 is 0 Å². The maximum atomic E-state index is 14.6. The number of benzene rings is 2. The van der Waals surface area contributed by atoms with Crippen LogP contribution in [0.2, 0.25) is 0 Å². The van der Waals surface area contributed by atoms with Crippen LogP contribution in [0.15, 0.2) is 60.7 Å². The molecular formula is C53H80N2O17. The van der Waals surface area contributed by atoms with Gasteiger partial charge in [0.1, 0.15) is 37.1 Å². The Balaban J connectivity index is 1.63. The fourth-order valence-corrected chi connectivity index (χ4v) is 10.2. The number of nitrogens with one attached hydrogen (secondary N) is 1. The van der Waals surface area contributed by atoms with Gasteiger partial charge in [-0.3, -0.25) is 9.59 Å². The lowest BCUT2D eigenvalue weighted by atomic mass is 9.77. The number of rotatable bonds is 13. The maximum Gasteiger partial charge on any atom is 0.509 e. The second-order valence-corrected chi connectivity index (χ2v) is 20.5. The summed E-state index contributed by atoms with van der Waals surface area (Å²) >= 11 is 0. The van der Waals surface area contributed by atoms with Gasteiger partial charge in [0, 0.05) is 39.5 Å². The average molecular weight is 1020 g/mol. The lowest BCUT2D eigenvalue weighted by molar-refractivity contribution is -0.319. The molecule has 3 fully saturated rings. The molecule has 0 unspecified atom stereocenters. The van der Waals surface area contributed by atoms with Crippen molar-refractivity contribution in [1.82, 2.24) is 10.2 Å². The summed E-state index contributed by atoms with van der Waals surface area (Å²) in [5, 5.41) is 37.4. The minimum atomic E-state index is -2.03. The van der Waals surface area contributed by atoms with Crippen LogP contribution in [0, 0.1) is 17.8 Å². The normalized spacial score (nSPS) is 38.2. The topological polar surface area (TPSA) is 237 Å². The number of carbonyl (C=O) groups excluding carboxylic acids is 4. The number of hydrogen-bond donors (Lipinski definition) is 4. The number of amides is 2. The van der Waals surface area contributed by atoms with Gasteiger partial charge in [-0.1, -0.05) is 81.4 Å². The fraction of sp³-hybridized carbons (Fsp3) is 0.698. The van der Waals surface area contributed by atoms with Gasteiger partial charge in [-0.25, -0.2) is 9.59 Å². The van der Waals surface area contributed by atoms with E-state index in [0.717, 1.165) is 5.56 Å². The Kier molecular flexibility index (Phi) is 20.5. The first-order chi connectivity index (χ1) is 33.9. The molecule has 0 saturated carbocycles. The molecule has 3 heterocycles. The zero-order chi connectivity index (χ0) is 53.3. The molecule has 0 aliphatic carbocycles. The minimum Gasteiger partial charge on any atom is -0.459 e. The highest BCUT2D eigenvalue weighted by molar-refractivity contribution is 5.78. The molecule has 2 aromatic carbocycles. The lowest BCUT2D eigenvalue weighted by Crippen LogP contribution is -2.62. The zero-order valence-corrected chi connectivity index (χ0v) is 44.2. The summed E-state index contributed by atoms with van der Waals surface area (Å²) in [6, 6.07) is 16.2. The summed E-state index contributed by atoms with van der Waals surface area (Å²) in [6.07, 6.45) is -13.2. The Bertz CT molecular complexity index is 2070.